The highest BCUT2D eigenvalue weighted by Crippen LogP contribution is 2.42. The molecule has 4 heterocycles. The van der Waals surface area contributed by atoms with Crippen molar-refractivity contribution in [1.82, 2.24) is 24.5 Å². The highest BCUT2D eigenvalue weighted by Gasteiger charge is 2.22. The van der Waals surface area contributed by atoms with Crippen LogP contribution in [0.4, 0.5) is 0 Å². The van der Waals surface area contributed by atoms with E-state index in [2.05, 4.69) is 144 Å². The zero-order chi connectivity index (χ0) is 41.7. The molecule has 6 nitrogen and oxygen atoms in total. The summed E-state index contributed by atoms with van der Waals surface area (Å²) in [5, 5.41) is 4.48. The smallest absolute Gasteiger partial charge is 0.163 e. The van der Waals surface area contributed by atoms with E-state index in [0.717, 1.165) is 99.8 Å². The van der Waals surface area contributed by atoms with Crippen LogP contribution < -0.4 is 0 Å². The number of pyridine rings is 1. The fraction of sp³-hybridized carbons (Fsp3) is 0.0175. The van der Waals surface area contributed by atoms with Gasteiger partial charge in [-0.25, -0.2) is 15.0 Å². The molecule has 8 aromatic carbocycles. The van der Waals surface area contributed by atoms with Gasteiger partial charge >= 0.3 is 0 Å². The number of aromatic nitrogens is 5. The number of nitrogens with zero attached hydrogens (tertiary/aromatic N) is 5. The van der Waals surface area contributed by atoms with Gasteiger partial charge in [-0.05, 0) is 76.9 Å². The number of hydrogen-bond acceptors (Lipinski definition) is 5. The van der Waals surface area contributed by atoms with Crippen molar-refractivity contribution in [3.8, 4) is 62.0 Å². The average molecular weight is 808 g/mol. The molecule has 0 saturated carbocycles. The van der Waals surface area contributed by atoms with Crippen molar-refractivity contribution in [2.75, 3.05) is 0 Å². The van der Waals surface area contributed by atoms with E-state index in [1.54, 1.807) is 0 Å². The number of para-hydroxylation sites is 2. The zero-order valence-corrected chi connectivity index (χ0v) is 34.1. The van der Waals surface area contributed by atoms with Crippen LogP contribution in [-0.4, -0.2) is 24.5 Å². The van der Waals surface area contributed by atoms with Gasteiger partial charge in [-0.1, -0.05) is 158 Å². The Kier molecular flexibility index (Phi) is 8.78. The second-order valence-corrected chi connectivity index (χ2v) is 15.8. The largest absolute Gasteiger partial charge is 0.456 e. The van der Waals surface area contributed by atoms with E-state index in [0.29, 0.717) is 23.9 Å². The van der Waals surface area contributed by atoms with Crippen LogP contribution in [0.5, 0.6) is 0 Å². The van der Waals surface area contributed by atoms with Gasteiger partial charge in [0.15, 0.2) is 11.6 Å². The SMILES string of the molecule is c1ccc(-c2cc(-c3ccccc3)cc(-c3ccc(-n4c5ccccc5c5c6c(ccc54)oc4ccccc46)c(Cc4nc(-c5ccccc5)nc(-c5ccccc5)n4)n3)c2)cc1. The fourth-order valence-corrected chi connectivity index (χ4v) is 8.97. The number of furan rings is 1. The third kappa shape index (κ3) is 6.53. The highest BCUT2D eigenvalue weighted by molar-refractivity contribution is 6.27. The minimum atomic E-state index is 0.347. The molecule has 296 valence electrons. The van der Waals surface area contributed by atoms with E-state index in [-0.39, 0.29) is 0 Å². The quantitative estimate of drug-likeness (QED) is 0.153. The van der Waals surface area contributed by atoms with E-state index >= 15 is 0 Å². The van der Waals surface area contributed by atoms with E-state index in [1.165, 1.54) is 0 Å². The van der Waals surface area contributed by atoms with Gasteiger partial charge in [-0.2, -0.15) is 0 Å². The molecule has 0 atom stereocenters. The molecule has 4 aromatic heterocycles. The fourth-order valence-electron chi connectivity index (χ4n) is 8.97. The predicted octanol–water partition coefficient (Wildman–Crippen LogP) is 14.2. The minimum absolute atomic E-state index is 0.347. The van der Waals surface area contributed by atoms with Crippen molar-refractivity contribution in [3.63, 3.8) is 0 Å². The molecule has 0 saturated heterocycles. The van der Waals surface area contributed by atoms with Crippen LogP contribution in [0.1, 0.15) is 11.5 Å². The maximum Gasteiger partial charge on any atom is 0.163 e. The molecule has 0 radical (unpaired) electrons. The van der Waals surface area contributed by atoms with Crippen molar-refractivity contribution in [1.29, 1.82) is 0 Å². The maximum absolute atomic E-state index is 6.43. The molecule has 12 rings (SSSR count). The summed E-state index contributed by atoms with van der Waals surface area (Å²) in [6, 6.07) is 73.7. The molecular weight excluding hydrogens is 771 g/mol. The molecule has 63 heavy (non-hydrogen) atoms. The van der Waals surface area contributed by atoms with Gasteiger partial charge in [0.2, 0.25) is 0 Å². The number of fused-ring (bicyclic) bond motifs is 7. The summed E-state index contributed by atoms with van der Waals surface area (Å²) >= 11 is 0. The first kappa shape index (κ1) is 36.4. The topological polar surface area (TPSA) is 69.6 Å². The molecule has 6 heteroatoms. The van der Waals surface area contributed by atoms with Crippen LogP contribution >= 0.6 is 0 Å². The van der Waals surface area contributed by atoms with E-state index < -0.39 is 0 Å². The van der Waals surface area contributed by atoms with Crippen molar-refractivity contribution in [2.45, 2.75) is 6.42 Å². The maximum atomic E-state index is 6.43. The molecule has 0 fully saturated rings. The molecule has 0 aliphatic rings. The number of hydrogen-bond donors (Lipinski definition) is 0. The Balaban J connectivity index is 1.11. The average Bonchev–Trinajstić information content (AvgIpc) is 3.90. The standard InChI is InChI=1S/C57H37N5O/c1-5-17-37(18-6-1)41-33-42(38-19-7-2-8-20-38)35-43(34-41)46-29-30-49(47(58-46)36-53-59-56(39-21-9-3-10-22-39)61-57(60-53)40-23-11-4-12-24-40)62-48-27-15-13-25-44(48)54-50(62)31-32-52-55(54)45-26-14-16-28-51(45)63-52/h1-35H,36H2. The van der Waals surface area contributed by atoms with E-state index in [1.807, 2.05) is 72.8 Å². The van der Waals surface area contributed by atoms with Crippen LogP contribution in [-0.2, 0) is 6.42 Å². The third-order valence-electron chi connectivity index (χ3n) is 11.9. The van der Waals surface area contributed by atoms with E-state index in [9.17, 15) is 0 Å². The van der Waals surface area contributed by atoms with Crippen LogP contribution in [0, 0.1) is 0 Å². The summed E-state index contributed by atoms with van der Waals surface area (Å²) in [6.45, 7) is 0. The molecule has 0 spiro atoms. The molecule has 0 unspecified atom stereocenters. The summed E-state index contributed by atoms with van der Waals surface area (Å²) in [5.74, 6) is 1.86. The lowest BCUT2D eigenvalue weighted by molar-refractivity contribution is 0.669. The first-order valence-corrected chi connectivity index (χ1v) is 21.2. The molecule has 0 amide bonds. The zero-order valence-electron chi connectivity index (χ0n) is 34.1. The highest BCUT2D eigenvalue weighted by atomic mass is 16.3. The Morgan fingerprint density at radius 3 is 1.54 bits per heavy atom. The molecule has 0 bridgehead atoms. The van der Waals surface area contributed by atoms with Crippen molar-refractivity contribution < 1.29 is 4.42 Å². The second kappa shape index (κ2) is 15.2. The first-order valence-electron chi connectivity index (χ1n) is 21.2. The van der Waals surface area contributed by atoms with Gasteiger partial charge in [0.05, 0.1) is 34.5 Å². The van der Waals surface area contributed by atoms with Crippen LogP contribution in [0.15, 0.2) is 217 Å². The van der Waals surface area contributed by atoms with E-state index in [4.69, 9.17) is 24.4 Å². The lowest BCUT2D eigenvalue weighted by Gasteiger charge is -2.16. The van der Waals surface area contributed by atoms with Crippen molar-refractivity contribution >= 4 is 43.7 Å². The molecule has 0 aliphatic heterocycles. The normalized spacial score (nSPS) is 11.6. The molecule has 0 aliphatic carbocycles. The third-order valence-corrected chi connectivity index (χ3v) is 11.9. The van der Waals surface area contributed by atoms with Gasteiger partial charge in [-0.15, -0.1) is 0 Å². The Morgan fingerprint density at radius 2 is 0.905 bits per heavy atom. The van der Waals surface area contributed by atoms with Crippen LogP contribution in [0.2, 0.25) is 0 Å². The number of rotatable bonds is 8. The Hall–Kier alpha value is -8.48. The van der Waals surface area contributed by atoms with Gasteiger partial charge in [0, 0.05) is 38.2 Å². The first-order chi connectivity index (χ1) is 31.2. The summed E-state index contributed by atoms with van der Waals surface area (Å²) in [4.78, 5) is 21.0. The minimum Gasteiger partial charge on any atom is -0.456 e. The molecular formula is C57H37N5O. The van der Waals surface area contributed by atoms with Gasteiger partial charge in [0.1, 0.15) is 17.0 Å². The second-order valence-electron chi connectivity index (χ2n) is 15.8. The molecule has 0 N–H and O–H groups in total. The van der Waals surface area contributed by atoms with Crippen LogP contribution in [0.25, 0.3) is 106 Å². The summed E-state index contributed by atoms with van der Waals surface area (Å²) in [5.41, 5.74) is 13.9. The number of benzene rings is 8. The summed E-state index contributed by atoms with van der Waals surface area (Å²) in [7, 11) is 0. The predicted molar refractivity (Wildman–Crippen MR) is 256 cm³/mol. The monoisotopic (exact) mass is 807 g/mol. The van der Waals surface area contributed by atoms with Crippen molar-refractivity contribution in [2.24, 2.45) is 0 Å². The lowest BCUT2D eigenvalue weighted by atomic mass is 9.94. The molecule has 12 aromatic rings. The van der Waals surface area contributed by atoms with Gasteiger partial charge in [-0.3, -0.25) is 4.98 Å². The summed E-state index contributed by atoms with van der Waals surface area (Å²) in [6.07, 6.45) is 0.347. The summed E-state index contributed by atoms with van der Waals surface area (Å²) < 4.78 is 8.78. The Morgan fingerprint density at radius 1 is 0.365 bits per heavy atom. The van der Waals surface area contributed by atoms with Crippen molar-refractivity contribution in [3.05, 3.63) is 224 Å². The Bertz CT molecular complexity index is 3520. The lowest BCUT2D eigenvalue weighted by Crippen LogP contribution is -2.09. The van der Waals surface area contributed by atoms with Gasteiger partial charge < -0.3 is 8.98 Å². The Labute approximate surface area is 363 Å². The van der Waals surface area contributed by atoms with Gasteiger partial charge in [0.25, 0.3) is 0 Å². The van der Waals surface area contributed by atoms with Crippen LogP contribution in [0.3, 0.4) is 0 Å².